The fraction of sp³-hybridized carbons (Fsp3) is 0.667. The number of nitrogens with zero attached hydrogens (tertiary/aromatic N) is 3. The summed E-state index contributed by atoms with van der Waals surface area (Å²) < 4.78 is 10.2. The van der Waals surface area contributed by atoms with Crippen LogP contribution < -0.4 is 10.1 Å². The third-order valence-electron chi connectivity index (χ3n) is 2.69. The van der Waals surface area contributed by atoms with E-state index in [4.69, 9.17) is 9.47 Å². The molecule has 0 spiro atoms. The number of rotatable bonds is 8. The second-order valence-electron chi connectivity index (χ2n) is 4.08. The first-order valence-electron chi connectivity index (χ1n) is 5.96. The molecule has 1 rings (SSSR count). The third kappa shape index (κ3) is 4.46. The van der Waals surface area contributed by atoms with Crippen LogP contribution in [0.3, 0.4) is 0 Å². The molecule has 102 valence electrons. The Labute approximate surface area is 108 Å². The van der Waals surface area contributed by atoms with Gasteiger partial charge >= 0.3 is 0 Å². The van der Waals surface area contributed by atoms with Crippen molar-refractivity contribution < 1.29 is 9.47 Å². The largest absolute Gasteiger partial charge is 0.481 e. The molecular weight excluding hydrogens is 232 g/mol. The fourth-order valence-electron chi connectivity index (χ4n) is 1.54. The van der Waals surface area contributed by atoms with Crippen LogP contribution in [-0.2, 0) is 4.74 Å². The van der Waals surface area contributed by atoms with Crippen molar-refractivity contribution in [1.29, 1.82) is 0 Å². The van der Waals surface area contributed by atoms with Gasteiger partial charge in [-0.3, -0.25) is 0 Å². The molecule has 0 saturated carbocycles. The van der Waals surface area contributed by atoms with E-state index in [0.717, 1.165) is 37.6 Å². The van der Waals surface area contributed by atoms with E-state index in [1.54, 1.807) is 14.2 Å². The number of hydrogen-bond acceptors (Lipinski definition) is 6. The molecule has 0 aliphatic heterocycles. The Morgan fingerprint density at radius 3 is 2.72 bits per heavy atom. The smallest absolute Gasteiger partial charge is 0.221 e. The number of nitrogens with one attached hydrogen (secondary N) is 1. The SMILES string of the molecule is COCCN(C)CCNc1ncnc(OC)c1C. The molecule has 18 heavy (non-hydrogen) atoms. The summed E-state index contributed by atoms with van der Waals surface area (Å²) in [5, 5.41) is 3.28. The second-order valence-corrected chi connectivity index (χ2v) is 4.08. The van der Waals surface area contributed by atoms with E-state index in [0.29, 0.717) is 5.88 Å². The molecule has 0 aliphatic rings. The monoisotopic (exact) mass is 254 g/mol. The maximum Gasteiger partial charge on any atom is 0.221 e. The van der Waals surface area contributed by atoms with Crippen LogP contribution in [-0.4, -0.2) is 62.4 Å². The molecule has 1 aromatic heterocycles. The zero-order valence-electron chi connectivity index (χ0n) is 11.6. The van der Waals surface area contributed by atoms with Crippen LogP contribution in [0, 0.1) is 6.92 Å². The lowest BCUT2D eigenvalue weighted by Gasteiger charge is -2.17. The molecule has 0 unspecified atom stereocenters. The molecule has 0 fully saturated rings. The average molecular weight is 254 g/mol. The Kier molecular flexibility index (Phi) is 6.38. The van der Waals surface area contributed by atoms with E-state index in [1.807, 2.05) is 6.92 Å². The van der Waals surface area contributed by atoms with E-state index in [9.17, 15) is 0 Å². The first kappa shape index (κ1) is 14.7. The van der Waals surface area contributed by atoms with Gasteiger partial charge in [0.25, 0.3) is 0 Å². The molecule has 0 bridgehead atoms. The topological polar surface area (TPSA) is 59.5 Å². The number of aromatic nitrogens is 2. The Balaban J connectivity index is 2.39. The minimum Gasteiger partial charge on any atom is -0.481 e. The summed E-state index contributed by atoms with van der Waals surface area (Å²) in [6, 6.07) is 0. The molecule has 0 amide bonds. The number of ether oxygens (including phenoxy) is 2. The Morgan fingerprint density at radius 1 is 1.28 bits per heavy atom. The highest BCUT2D eigenvalue weighted by Crippen LogP contribution is 2.19. The van der Waals surface area contributed by atoms with Crippen molar-refractivity contribution >= 4 is 5.82 Å². The number of methoxy groups -OCH3 is 2. The molecule has 0 aliphatic carbocycles. The highest BCUT2D eigenvalue weighted by Gasteiger charge is 2.06. The molecule has 6 nitrogen and oxygen atoms in total. The van der Waals surface area contributed by atoms with Crippen molar-refractivity contribution in [2.45, 2.75) is 6.92 Å². The van der Waals surface area contributed by atoms with Gasteiger partial charge in [0.15, 0.2) is 0 Å². The minimum atomic E-state index is 0.611. The van der Waals surface area contributed by atoms with Gasteiger partial charge in [0.05, 0.1) is 19.3 Å². The molecule has 0 aromatic carbocycles. The first-order valence-corrected chi connectivity index (χ1v) is 5.96. The molecule has 0 atom stereocenters. The van der Waals surface area contributed by atoms with Crippen molar-refractivity contribution in [3.8, 4) is 5.88 Å². The van der Waals surface area contributed by atoms with Gasteiger partial charge < -0.3 is 19.7 Å². The van der Waals surface area contributed by atoms with Gasteiger partial charge in [-0.05, 0) is 14.0 Å². The maximum absolute atomic E-state index is 5.15. The van der Waals surface area contributed by atoms with Gasteiger partial charge in [-0.15, -0.1) is 0 Å². The fourth-order valence-corrected chi connectivity index (χ4v) is 1.54. The van der Waals surface area contributed by atoms with E-state index in [1.165, 1.54) is 6.33 Å². The van der Waals surface area contributed by atoms with Crippen LogP contribution in [0.1, 0.15) is 5.56 Å². The lowest BCUT2D eigenvalue weighted by Crippen LogP contribution is -2.28. The zero-order valence-corrected chi connectivity index (χ0v) is 11.6. The maximum atomic E-state index is 5.15. The van der Waals surface area contributed by atoms with Crippen LogP contribution in [0.25, 0.3) is 0 Å². The highest BCUT2D eigenvalue weighted by atomic mass is 16.5. The average Bonchev–Trinajstić information content (AvgIpc) is 2.38. The van der Waals surface area contributed by atoms with E-state index < -0.39 is 0 Å². The van der Waals surface area contributed by atoms with Crippen LogP contribution in [0.2, 0.25) is 0 Å². The van der Waals surface area contributed by atoms with Gasteiger partial charge in [-0.25, -0.2) is 9.97 Å². The molecule has 0 radical (unpaired) electrons. The Hall–Kier alpha value is -1.40. The van der Waals surface area contributed by atoms with Crippen LogP contribution in [0.15, 0.2) is 6.33 Å². The third-order valence-corrected chi connectivity index (χ3v) is 2.69. The van der Waals surface area contributed by atoms with E-state index >= 15 is 0 Å². The lowest BCUT2D eigenvalue weighted by molar-refractivity contribution is 0.163. The van der Waals surface area contributed by atoms with Gasteiger partial charge in [-0.2, -0.15) is 0 Å². The lowest BCUT2D eigenvalue weighted by atomic mass is 10.3. The first-order chi connectivity index (χ1) is 8.69. The van der Waals surface area contributed by atoms with Crippen molar-refractivity contribution in [2.75, 3.05) is 52.8 Å². The minimum absolute atomic E-state index is 0.611. The van der Waals surface area contributed by atoms with E-state index in [-0.39, 0.29) is 0 Å². The summed E-state index contributed by atoms with van der Waals surface area (Å²) in [6.07, 6.45) is 1.50. The van der Waals surface area contributed by atoms with Crippen LogP contribution >= 0.6 is 0 Å². The van der Waals surface area contributed by atoms with Gasteiger partial charge in [0, 0.05) is 26.7 Å². The standard InChI is InChI=1S/C12H22N4O2/c1-10-11(14-9-15-12(10)18-4)13-5-6-16(2)7-8-17-3/h9H,5-8H2,1-4H3,(H,13,14,15). The summed E-state index contributed by atoms with van der Waals surface area (Å²) in [7, 11) is 5.38. The number of anilines is 1. The quantitative estimate of drug-likeness (QED) is 0.740. The molecule has 1 aromatic rings. The number of likely N-dealkylation sites (N-methyl/N-ethyl adjacent to an activating group) is 1. The van der Waals surface area contributed by atoms with Crippen molar-refractivity contribution in [2.24, 2.45) is 0 Å². The predicted molar refractivity (Wildman–Crippen MR) is 71.2 cm³/mol. The van der Waals surface area contributed by atoms with Crippen LogP contribution in [0.4, 0.5) is 5.82 Å². The van der Waals surface area contributed by atoms with Gasteiger partial charge in [0.1, 0.15) is 12.1 Å². The van der Waals surface area contributed by atoms with Gasteiger partial charge in [-0.1, -0.05) is 0 Å². The Morgan fingerprint density at radius 2 is 2.06 bits per heavy atom. The van der Waals surface area contributed by atoms with Crippen molar-refractivity contribution in [3.05, 3.63) is 11.9 Å². The summed E-state index contributed by atoms with van der Waals surface area (Å²) in [4.78, 5) is 10.4. The summed E-state index contributed by atoms with van der Waals surface area (Å²) >= 11 is 0. The van der Waals surface area contributed by atoms with E-state index in [2.05, 4.69) is 27.2 Å². The molecule has 1 N–H and O–H groups in total. The second kappa shape index (κ2) is 7.84. The summed E-state index contributed by atoms with van der Waals surface area (Å²) in [6.45, 7) is 5.35. The summed E-state index contributed by atoms with van der Waals surface area (Å²) in [5.74, 6) is 1.43. The zero-order chi connectivity index (χ0) is 13.4. The van der Waals surface area contributed by atoms with Gasteiger partial charge in [0.2, 0.25) is 5.88 Å². The Bertz CT molecular complexity index is 360. The number of hydrogen-bond donors (Lipinski definition) is 1. The molecule has 6 heteroatoms. The normalized spacial score (nSPS) is 10.7. The molecular formula is C12H22N4O2. The molecule has 0 saturated heterocycles. The highest BCUT2D eigenvalue weighted by molar-refractivity contribution is 5.47. The predicted octanol–water partition coefficient (Wildman–Crippen LogP) is 0.784. The van der Waals surface area contributed by atoms with Crippen molar-refractivity contribution in [3.63, 3.8) is 0 Å². The van der Waals surface area contributed by atoms with Crippen molar-refractivity contribution in [1.82, 2.24) is 14.9 Å². The van der Waals surface area contributed by atoms with Crippen LogP contribution in [0.5, 0.6) is 5.88 Å². The summed E-state index contributed by atoms with van der Waals surface area (Å²) in [5.41, 5.74) is 0.930. The molecule has 1 heterocycles.